The maximum Gasteiger partial charge on any atom is 0.340 e. The monoisotopic (exact) mass is 360 g/mol. The molecular formula is C11H9IN2O2S. The van der Waals surface area contributed by atoms with Crippen molar-refractivity contribution in [3.05, 3.63) is 38.9 Å². The van der Waals surface area contributed by atoms with Gasteiger partial charge in [0, 0.05) is 0 Å². The highest BCUT2D eigenvalue weighted by atomic mass is 127. The Morgan fingerprint density at radius 2 is 2.29 bits per heavy atom. The lowest BCUT2D eigenvalue weighted by Crippen LogP contribution is -2.03. The number of nitrogens with one attached hydrogen (secondary N) is 1. The van der Waals surface area contributed by atoms with Crippen LogP contribution in [-0.4, -0.2) is 18.1 Å². The van der Waals surface area contributed by atoms with Crippen molar-refractivity contribution < 1.29 is 9.53 Å². The van der Waals surface area contributed by atoms with E-state index in [1.165, 1.54) is 18.4 Å². The number of esters is 1. The van der Waals surface area contributed by atoms with Crippen LogP contribution in [0.25, 0.3) is 0 Å². The van der Waals surface area contributed by atoms with Crippen LogP contribution in [0, 0.1) is 3.70 Å². The van der Waals surface area contributed by atoms with Crippen LogP contribution < -0.4 is 5.32 Å². The first-order valence-corrected chi connectivity index (χ1v) is 6.72. The summed E-state index contributed by atoms with van der Waals surface area (Å²) < 4.78 is 5.59. The standard InChI is InChI=1S/C11H9IN2O2S/c1-16-11(15)7-5-6-17-10(7)14-9-4-2-3-8(12)13-9/h2-6H,1H3,(H,13,14). The normalized spacial score (nSPS) is 10.0. The first kappa shape index (κ1) is 12.3. The maximum atomic E-state index is 11.5. The van der Waals surface area contributed by atoms with Gasteiger partial charge in [0.15, 0.2) is 0 Å². The van der Waals surface area contributed by atoms with Gasteiger partial charge < -0.3 is 10.1 Å². The molecule has 1 N–H and O–H groups in total. The lowest BCUT2D eigenvalue weighted by atomic mass is 10.3. The summed E-state index contributed by atoms with van der Waals surface area (Å²) in [5.74, 6) is 0.365. The zero-order chi connectivity index (χ0) is 12.3. The SMILES string of the molecule is COC(=O)c1ccsc1Nc1cccc(I)n1. The zero-order valence-corrected chi connectivity index (χ0v) is 11.9. The van der Waals surface area contributed by atoms with E-state index in [0.717, 1.165) is 8.70 Å². The van der Waals surface area contributed by atoms with Gasteiger partial charge in [-0.1, -0.05) is 6.07 Å². The molecule has 2 aromatic rings. The van der Waals surface area contributed by atoms with Gasteiger partial charge in [-0.05, 0) is 46.2 Å². The lowest BCUT2D eigenvalue weighted by molar-refractivity contribution is 0.0602. The summed E-state index contributed by atoms with van der Waals surface area (Å²) in [5.41, 5.74) is 0.526. The van der Waals surface area contributed by atoms with E-state index in [-0.39, 0.29) is 5.97 Å². The molecule has 0 spiro atoms. The highest BCUT2D eigenvalue weighted by molar-refractivity contribution is 14.1. The van der Waals surface area contributed by atoms with Crippen LogP contribution in [0.1, 0.15) is 10.4 Å². The fraction of sp³-hybridized carbons (Fsp3) is 0.0909. The third kappa shape index (κ3) is 2.95. The van der Waals surface area contributed by atoms with Gasteiger partial charge in [0.2, 0.25) is 0 Å². The summed E-state index contributed by atoms with van der Waals surface area (Å²) in [6.07, 6.45) is 0. The number of thiophene rings is 1. The largest absolute Gasteiger partial charge is 0.465 e. The molecule has 88 valence electrons. The Labute approximate surface area is 116 Å². The first-order valence-electron chi connectivity index (χ1n) is 4.76. The fourth-order valence-electron chi connectivity index (χ4n) is 1.27. The lowest BCUT2D eigenvalue weighted by Gasteiger charge is -2.05. The minimum Gasteiger partial charge on any atom is -0.465 e. The number of hydrogen-bond donors (Lipinski definition) is 1. The van der Waals surface area contributed by atoms with Crippen molar-refractivity contribution in [3.63, 3.8) is 0 Å². The van der Waals surface area contributed by atoms with E-state index in [1.807, 2.05) is 23.6 Å². The Kier molecular flexibility index (Phi) is 3.95. The van der Waals surface area contributed by atoms with Crippen LogP contribution in [0.15, 0.2) is 29.6 Å². The van der Waals surface area contributed by atoms with Crippen LogP contribution in [0.2, 0.25) is 0 Å². The average molecular weight is 360 g/mol. The molecule has 0 aliphatic carbocycles. The van der Waals surface area contributed by atoms with Gasteiger partial charge in [-0.2, -0.15) is 0 Å². The third-order valence-corrected chi connectivity index (χ3v) is 3.46. The van der Waals surface area contributed by atoms with Crippen LogP contribution in [0.4, 0.5) is 10.8 Å². The van der Waals surface area contributed by atoms with Gasteiger partial charge in [-0.15, -0.1) is 11.3 Å². The number of hydrogen-bond acceptors (Lipinski definition) is 5. The summed E-state index contributed by atoms with van der Waals surface area (Å²) in [4.78, 5) is 15.8. The Morgan fingerprint density at radius 1 is 1.47 bits per heavy atom. The highest BCUT2D eigenvalue weighted by Crippen LogP contribution is 2.27. The number of ether oxygens (including phenoxy) is 1. The number of carbonyl (C=O) groups is 1. The van der Waals surface area contributed by atoms with Gasteiger partial charge in [-0.3, -0.25) is 0 Å². The zero-order valence-electron chi connectivity index (χ0n) is 8.94. The molecule has 2 rings (SSSR count). The van der Waals surface area contributed by atoms with Crippen LogP contribution in [0.3, 0.4) is 0 Å². The molecule has 0 amide bonds. The van der Waals surface area contributed by atoms with Gasteiger partial charge in [-0.25, -0.2) is 9.78 Å². The van der Waals surface area contributed by atoms with Gasteiger partial charge >= 0.3 is 5.97 Å². The Morgan fingerprint density at radius 3 is 3.00 bits per heavy atom. The van der Waals surface area contributed by atoms with E-state index in [2.05, 4.69) is 32.9 Å². The summed E-state index contributed by atoms with van der Waals surface area (Å²) in [6.45, 7) is 0. The summed E-state index contributed by atoms with van der Waals surface area (Å²) in [7, 11) is 1.37. The minimum absolute atomic E-state index is 0.348. The van der Waals surface area contributed by atoms with Crippen molar-refractivity contribution in [2.45, 2.75) is 0 Å². The predicted octanol–water partition coefficient (Wildman–Crippen LogP) is 3.28. The van der Waals surface area contributed by atoms with Crippen LogP contribution >= 0.6 is 33.9 Å². The maximum absolute atomic E-state index is 11.5. The Balaban J connectivity index is 2.25. The minimum atomic E-state index is -0.348. The second-order valence-corrected chi connectivity index (χ2v) is 5.15. The van der Waals surface area contributed by atoms with Crippen molar-refractivity contribution in [1.29, 1.82) is 0 Å². The first-order chi connectivity index (χ1) is 8.20. The van der Waals surface area contributed by atoms with E-state index in [1.54, 1.807) is 6.07 Å². The van der Waals surface area contributed by atoms with E-state index >= 15 is 0 Å². The predicted molar refractivity (Wildman–Crippen MR) is 75.9 cm³/mol. The summed E-state index contributed by atoms with van der Waals surface area (Å²) in [5, 5.41) is 5.69. The summed E-state index contributed by atoms with van der Waals surface area (Å²) in [6, 6.07) is 7.39. The molecule has 0 saturated heterocycles. The van der Waals surface area contributed by atoms with Crippen molar-refractivity contribution in [2.24, 2.45) is 0 Å². The quantitative estimate of drug-likeness (QED) is 0.519. The molecule has 0 aromatic carbocycles. The molecule has 4 nitrogen and oxygen atoms in total. The second kappa shape index (κ2) is 5.46. The van der Waals surface area contributed by atoms with Gasteiger partial charge in [0.25, 0.3) is 0 Å². The van der Waals surface area contributed by atoms with E-state index in [4.69, 9.17) is 4.74 Å². The summed E-state index contributed by atoms with van der Waals surface area (Å²) >= 11 is 3.58. The van der Waals surface area contributed by atoms with E-state index in [9.17, 15) is 4.79 Å². The van der Waals surface area contributed by atoms with Gasteiger partial charge in [0.1, 0.15) is 14.5 Å². The smallest absolute Gasteiger partial charge is 0.340 e. The molecular weight excluding hydrogens is 351 g/mol. The van der Waals surface area contributed by atoms with Gasteiger partial charge in [0.05, 0.1) is 12.7 Å². The molecule has 0 unspecified atom stereocenters. The molecule has 0 radical (unpaired) electrons. The highest BCUT2D eigenvalue weighted by Gasteiger charge is 2.13. The van der Waals surface area contributed by atoms with Crippen molar-refractivity contribution in [2.75, 3.05) is 12.4 Å². The number of rotatable bonds is 3. The number of carbonyl (C=O) groups excluding carboxylic acids is 1. The Hall–Kier alpha value is -1.15. The topological polar surface area (TPSA) is 51.2 Å². The molecule has 0 saturated carbocycles. The van der Waals surface area contributed by atoms with E-state index in [0.29, 0.717) is 11.4 Å². The number of pyridine rings is 1. The fourth-order valence-corrected chi connectivity index (χ4v) is 2.52. The number of halogens is 1. The number of aromatic nitrogens is 1. The molecule has 6 heteroatoms. The molecule has 17 heavy (non-hydrogen) atoms. The van der Waals surface area contributed by atoms with Crippen LogP contribution in [0.5, 0.6) is 0 Å². The number of nitrogens with zero attached hydrogens (tertiary/aromatic N) is 1. The number of anilines is 2. The molecule has 0 atom stereocenters. The molecule has 0 aliphatic rings. The van der Waals surface area contributed by atoms with Crippen LogP contribution in [-0.2, 0) is 4.74 Å². The molecule has 0 fully saturated rings. The molecule has 0 aliphatic heterocycles. The average Bonchev–Trinajstić information content (AvgIpc) is 2.76. The Bertz CT molecular complexity index is 542. The van der Waals surface area contributed by atoms with Crippen molar-refractivity contribution >= 4 is 50.7 Å². The third-order valence-electron chi connectivity index (χ3n) is 2.03. The van der Waals surface area contributed by atoms with E-state index < -0.39 is 0 Å². The number of methoxy groups -OCH3 is 1. The molecule has 2 heterocycles. The molecule has 2 aromatic heterocycles. The molecule has 0 bridgehead atoms. The van der Waals surface area contributed by atoms with Crippen molar-refractivity contribution in [1.82, 2.24) is 4.98 Å². The second-order valence-electron chi connectivity index (χ2n) is 3.13. The van der Waals surface area contributed by atoms with Crippen molar-refractivity contribution in [3.8, 4) is 0 Å².